The molecular weight excluding hydrogens is 290 g/mol. The first-order valence-electron chi connectivity index (χ1n) is 5.78. The molecule has 1 aliphatic heterocycles. The molecule has 104 valence electrons. The third kappa shape index (κ3) is 2.91. The van der Waals surface area contributed by atoms with Crippen molar-refractivity contribution >= 4 is 27.6 Å². The molecule has 0 aliphatic carbocycles. The van der Waals surface area contributed by atoms with Crippen LogP contribution < -0.4 is 0 Å². The topological polar surface area (TPSA) is 63.7 Å². The van der Waals surface area contributed by atoms with Gasteiger partial charge in [-0.3, -0.25) is 4.79 Å². The monoisotopic (exact) mass is 303 g/mol. The number of hydrogen-bond donors (Lipinski definition) is 0. The number of sulfonamides is 1. The largest absolute Gasteiger partial charge is 0.469 e. The number of methoxy groups -OCH3 is 1. The number of halogens is 1. The summed E-state index contributed by atoms with van der Waals surface area (Å²) in [5, 5.41) is 0.366. The van der Waals surface area contributed by atoms with Crippen LogP contribution in [0.25, 0.3) is 0 Å². The van der Waals surface area contributed by atoms with Crippen LogP contribution in [-0.2, 0) is 19.6 Å². The van der Waals surface area contributed by atoms with Gasteiger partial charge in [-0.05, 0) is 24.6 Å². The molecule has 0 spiro atoms. The van der Waals surface area contributed by atoms with E-state index in [-0.39, 0.29) is 23.3 Å². The Bertz CT molecular complexity index is 587. The molecule has 1 aromatic rings. The molecular formula is C12H14ClNO4S. The number of rotatable bonds is 3. The number of carbonyl (C=O) groups excluding carboxylic acids is 1. The second-order valence-corrected chi connectivity index (χ2v) is 6.70. The molecule has 2 rings (SSSR count). The minimum atomic E-state index is -3.59. The molecule has 7 heteroatoms. The Morgan fingerprint density at radius 1 is 1.47 bits per heavy atom. The molecule has 1 atom stereocenters. The van der Waals surface area contributed by atoms with E-state index >= 15 is 0 Å². The maximum atomic E-state index is 12.4. The molecule has 5 nitrogen and oxygen atoms in total. The quantitative estimate of drug-likeness (QED) is 0.794. The second-order valence-electron chi connectivity index (χ2n) is 4.33. The lowest BCUT2D eigenvalue weighted by Crippen LogP contribution is -2.30. The number of hydrogen-bond acceptors (Lipinski definition) is 4. The average molecular weight is 304 g/mol. The van der Waals surface area contributed by atoms with Crippen molar-refractivity contribution in [3.05, 3.63) is 29.3 Å². The summed E-state index contributed by atoms with van der Waals surface area (Å²) >= 11 is 5.80. The van der Waals surface area contributed by atoms with Crippen molar-refractivity contribution in [2.45, 2.75) is 11.3 Å². The van der Waals surface area contributed by atoms with Crippen LogP contribution in [0.4, 0.5) is 0 Å². The SMILES string of the molecule is COC(=O)C1CCN(S(=O)(=O)c2cccc(Cl)c2)C1. The van der Waals surface area contributed by atoms with E-state index in [4.69, 9.17) is 11.6 Å². The van der Waals surface area contributed by atoms with Crippen LogP contribution in [0.1, 0.15) is 6.42 Å². The van der Waals surface area contributed by atoms with E-state index in [1.807, 2.05) is 0 Å². The molecule has 1 saturated heterocycles. The van der Waals surface area contributed by atoms with E-state index in [0.29, 0.717) is 18.0 Å². The highest BCUT2D eigenvalue weighted by Crippen LogP contribution is 2.26. The Morgan fingerprint density at radius 2 is 2.21 bits per heavy atom. The van der Waals surface area contributed by atoms with E-state index in [2.05, 4.69) is 4.74 Å². The zero-order valence-electron chi connectivity index (χ0n) is 10.4. The normalized spacial score (nSPS) is 20.4. The van der Waals surface area contributed by atoms with Gasteiger partial charge in [-0.1, -0.05) is 17.7 Å². The van der Waals surface area contributed by atoms with Crippen molar-refractivity contribution < 1.29 is 17.9 Å². The summed E-state index contributed by atoms with van der Waals surface area (Å²) in [6.45, 7) is 0.468. The number of carbonyl (C=O) groups is 1. The third-order valence-electron chi connectivity index (χ3n) is 3.12. The number of benzene rings is 1. The summed E-state index contributed by atoms with van der Waals surface area (Å²) in [5.41, 5.74) is 0. The van der Waals surface area contributed by atoms with Crippen LogP contribution in [0.3, 0.4) is 0 Å². The Balaban J connectivity index is 2.21. The van der Waals surface area contributed by atoms with Crippen LogP contribution >= 0.6 is 11.6 Å². The van der Waals surface area contributed by atoms with Crippen molar-refractivity contribution in [2.75, 3.05) is 20.2 Å². The van der Waals surface area contributed by atoms with Gasteiger partial charge >= 0.3 is 5.97 Å². The molecule has 0 amide bonds. The predicted molar refractivity (Wildman–Crippen MR) is 70.3 cm³/mol. The third-order valence-corrected chi connectivity index (χ3v) is 5.22. The van der Waals surface area contributed by atoms with Crippen LogP contribution in [0.5, 0.6) is 0 Å². The smallest absolute Gasteiger partial charge is 0.310 e. The second kappa shape index (κ2) is 5.48. The molecule has 19 heavy (non-hydrogen) atoms. The summed E-state index contributed by atoms with van der Waals surface area (Å²) in [6, 6.07) is 6.10. The van der Waals surface area contributed by atoms with Crippen molar-refractivity contribution in [3.63, 3.8) is 0 Å². The summed E-state index contributed by atoms with van der Waals surface area (Å²) in [6.07, 6.45) is 0.479. The number of nitrogens with zero attached hydrogens (tertiary/aromatic N) is 1. The standard InChI is InChI=1S/C12H14ClNO4S/c1-18-12(15)9-5-6-14(8-9)19(16,17)11-4-2-3-10(13)7-11/h2-4,7,9H,5-6,8H2,1H3. The van der Waals surface area contributed by atoms with Crippen molar-refractivity contribution in [3.8, 4) is 0 Å². The molecule has 1 fully saturated rings. The van der Waals surface area contributed by atoms with Gasteiger partial charge in [0.2, 0.25) is 10.0 Å². The molecule has 0 radical (unpaired) electrons. The highest BCUT2D eigenvalue weighted by Gasteiger charge is 2.36. The minimum Gasteiger partial charge on any atom is -0.469 e. The zero-order chi connectivity index (χ0) is 14.0. The van der Waals surface area contributed by atoms with Gasteiger partial charge in [0.1, 0.15) is 0 Å². The molecule has 0 N–H and O–H groups in total. The lowest BCUT2D eigenvalue weighted by molar-refractivity contribution is -0.144. The minimum absolute atomic E-state index is 0.144. The zero-order valence-corrected chi connectivity index (χ0v) is 11.9. The van der Waals surface area contributed by atoms with Gasteiger partial charge in [-0.15, -0.1) is 0 Å². The summed E-state index contributed by atoms with van der Waals surface area (Å²) in [4.78, 5) is 11.6. The fourth-order valence-electron chi connectivity index (χ4n) is 2.08. The maximum Gasteiger partial charge on any atom is 0.310 e. The van der Waals surface area contributed by atoms with E-state index < -0.39 is 10.0 Å². The van der Waals surface area contributed by atoms with Crippen molar-refractivity contribution in [2.24, 2.45) is 5.92 Å². The Morgan fingerprint density at radius 3 is 2.84 bits per heavy atom. The van der Waals surface area contributed by atoms with Gasteiger partial charge in [-0.25, -0.2) is 8.42 Å². The van der Waals surface area contributed by atoms with E-state index in [1.165, 1.54) is 23.5 Å². The highest BCUT2D eigenvalue weighted by atomic mass is 35.5. The van der Waals surface area contributed by atoms with Crippen LogP contribution in [-0.4, -0.2) is 38.9 Å². The van der Waals surface area contributed by atoms with Gasteiger partial charge in [0.15, 0.2) is 0 Å². The summed E-state index contributed by atoms with van der Waals surface area (Å²) in [5.74, 6) is -0.761. The Hall–Kier alpha value is -1.11. The van der Waals surface area contributed by atoms with Crippen LogP contribution in [0.15, 0.2) is 29.2 Å². The number of ether oxygens (including phenoxy) is 1. The highest BCUT2D eigenvalue weighted by molar-refractivity contribution is 7.89. The lowest BCUT2D eigenvalue weighted by Gasteiger charge is -2.16. The fraction of sp³-hybridized carbons (Fsp3) is 0.417. The van der Waals surface area contributed by atoms with Gasteiger partial charge < -0.3 is 4.74 Å². The first-order valence-corrected chi connectivity index (χ1v) is 7.60. The first kappa shape index (κ1) is 14.3. The first-order chi connectivity index (χ1) is 8.95. The van der Waals surface area contributed by atoms with Crippen molar-refractivity contribution in [1.29, 1.82) is 0 Å². The number of esters is 1. The van der Waals surface area contributed by atoms with E-state index in [9.17, 15) is 13.2 Å². The van der Waals surface area contributed by atoms with E-state index in [1.54, 1.807) is 12.1 Å². The lowest BCUT2D eigenvalue weighted by atomic mass is 10.1. The van der Waals surface area contributed by atoms with Gasteiger partial charge in [0.05, 0.1) is 17.9 Å². The molecule has 0 bridgehead atoms. The van der Waals surface area contributed by atoms with Gasteiger partial charge in [-0.2, -0.15) is 4.31 Å². The predicted octanol–water partition coefficient (Wildman–Crippen LogP) is 1.52. The molecule has 0 aromatic heterocycles. The Kier molecular flexibility index (Phi) is 4.13. The summed E-state index contributed by atoms with van der Waals surface area (Å²) in [7, 11) is -2.29. The molecule has 1 aliphatic rings. The van der Waals surface area contributed by atoms with Crippen molar-refractivity contribution in [1.82, 2.24) is 4.31 Å². The maximum absolute atomic E-state index is 12.4. The molecule has 1 heterocycles. The Labute approximate surface area is 117 Å². The van der Waals surface area contributed by atoms with E-state index in [0.717, 1.165) is 0 Å². The average Bonchev–Trinajstić information content (AvgIpc) is 2.88. The molecule has 1 aromatic carbocycles. The van der Waals surface area contributed by atoms with Crippen LogP contribution in [0, 0.1) is 5.92 Å². The van der Waals surface area contributed by atoms with Gasteiger partial charge in [0.25, 0.3) is 0 Å². The van der Waals surface area contributed by atoms with Gasteiger partial charge in [0, 0.05) is 18.1 Å². The van der Waals surface area contributed by atoms with Crippen LogP contribution in [0.2, 0.25) is 5.02 Å². The fourth-order valence-corrected chi connectivity index (χ4v) is 3.88. The molecule has 0 saturated carbocycles. The summed E-state index contributed by atoms with van der Waals surface area (Å²) < 4.78 is 30.6. The molecule has 1 unspecified atom stereocenters.